The molecule has 7 nitrogen and oxygen atoms in total. The Morgan fingerprint density at radius 1 is 1.20 bits per heavy atom. The Morgan fingerprint density at radius 3 is 2.45 bits per heavy atom. The van der Waals surface area contributed by atoms with Gasteiger partial charge in [0.25, 0.3) is 0 Å². The minimum atomic E-state index is 0.532. The number of hydrogen-bond donors (Lipinski definition) is 1. The van der Waals surface area contributed by atoms with Crippen LogP contribution in [0.1, 0.15) is 11.3 Å². The van der Waals surface area contributed by atoms with Crippen molar-refractivity contribution in [3.05, 3.63) is 29.8 Å². The SMILES string of the molecule is COc1ncnc(OC)c1CNCCc1ccnn1C. The van der Waals surface area contributed by atoms with Gasteiger partial charge >= 0.3 is 0 Å². The average molecular weight is 277 g/mol. The lowest BCUT2D eigenvalue weighted by Crippen LogP contribution is -2.19. The van der Waals surface area contributed by atoms with E-state index in [1.165, 1.54) is 12.0 Å². The van der Waals surface area contributed by atoms with Crippen LogP contribution in [0.4, 0.5) is 0 Å². The Balaban J connectivity index is 1.92. The van der Waals surface area contributed by atoms with Crippen LogP contribution in [0.2, 0.25) is 0 Å². The molecule has 2 aromatic rings. The van der Waals surface area contributed by atoms with Crippen LogP contribution in [0.3, 0.4) is 0 Å². The first kappa shape index (κ1) is 14.3. The molecule has 0 atom stereocenters. The van der Waals surface area contributed by atoms with Crippen LogP contribution in [-0.4, -0.2) is 40.5 Å². The summed E-state index contributed by atoms with van der Waals surface area (Å²) < 4.78 is 12.3. The average Bonchev–Trinajstić information content (AvgIpc) is 2.88. The van der Waals surface area contributed by atoms with E-state index in [0.717, 1.165) is 18.5 Å². The van der Waals surface area contributed by atoms with Gasteiger partial charge in [-0.25, -0.2) is 9.97 Å². The van der Waals surface area contributed by atoms with Crippen molar-refractivity contribution in [2.45, 2.75) is 13.0 Å². The lowest BCUT2D eigenvalue weighted by Gasteiger charge is -2.11. The summed E-state index contributed by atoms with van der Waals surface area (Å²) in [7, 11) is 5.11. The molecule has 0 aliphatic carbocycles. The predicted molar refractivity (Wildman–Crippen MR) is 73.8 cm³/mol. The number of methoxy groups -OCH3 is 2. The molecule has 2 rings (SSSR count). The molecule has 0 amide bonds. The van der Waals surface area contributed by atoms with Gasteiger partial charge in [-0.1, -0.05) is 0 Å². The monoisotopic (exact) mass is 277 g/mol. The second kappa shape index (κ2) is 6.85. The van der Waals surface area contributed by atoms with Gasteiger partial charge in [0.05, 0.1) is 19.8 Å². The van der Waals surface area contributed by atoms with Crippen molar-refractivity contribution in [1.29, 1.82) is 0 Å². The van der Waals surface area contributed by atoms with Gasteiger partial charge in [-0.15, -0.1) is 0 Å². The van der Waals surface area contributed by atoms with Crippen molar-refractivity contribution in [1.82, 2.24) is 25.1 Å². The molecule has 2 aromatic heterocycles. The van der Waals surface area contributed by atoms with Crippen molar-refractivity contribution < 1.29 is 9.47 Å². The van der Waals surface area contributed by atoms with Crippen molar-refractivity contribution in [3.8, 4) is 11.8 Å². The molecule has 0 spiro atoms. The van der Waals surface area contributed by atoms with Crippen molar-refractivity contribution in [3.63, 3.8) is 0 Å². The van der Waals surface area contributed by atoms with Crippen LogP contribution in [0.5, 0.6) is 11.8 Å². The van der Waals surface area contributed by atoms with E-state index in [4.69, 9.17) is 9.47 Å². The van der Waals surface area contributed by atoms with E-state index in [1.807, 2.05) is 17.8 Å². The Morgan fingerprint density at radius 2 is 1.90 bits per heavy atom. The molecule has 0 bridgehead atoms. The molecule has 1 N–H and O–H groups in total. The van der Waals surface area contributed by atoms with E-state index < -0.39 is 0 Å². The summed E-state index contributed by atoms with van der Waals surface area (Å²) in [6.45, 7) is 1.41. The Hall–Kier alpha value is -2.15. The molecule has 2 heterocycles. The topological polar surface area (TPSA) is 74.1 Å². The summed E-state index contributed by atoms with van der Waals surface area (Å²) in [5.41, 5.74) is 2.00. The largest absolute Gasteiger partial charge is 0.481 e. The molecule has 108 valence electrons. The lowest BCUT2D eigenvalue weighted by atomic mass is 10.2. The Bertz CT molecular complexity index is 533. The Labute approximate surface area is 118 Å². The smallest absolute Gasteiger partial charge is 0.224 e. The van der Waals surface area contributed by atoms with Crippen LogP contribution < -0.4 is 14.8 Å². The van der Waals surface area contributed by atoms with Crippen molar-refractivity contribution >= 4 is 0 Å². The minimum Gasteiger partial charge on any atom is -0.481 e. The number of hydrogen-bond acceptors (Lipinski definition) is 6. The summed E-state index contributed by atoms with van der Waals surface area (Å²) in [4.78, 5) is 8.16. The number of aromatic nitrogens is 4. The standard InChI is InChI=1S/C13H19N5O2/c1-18-10(5-7-17-18)4-6-14-8-11-12(19-2)15-9-16-13(11)20-3/h5,7,9,14H,4,6,8H2,1-3H3. The molecule has 20 heavy (non-hydrogen) atoms. The third-order valence-electron chi connectivity index (χ3n) is 3.04. The van der Waals surface area contributed by atoms with Gasteiger partial charge in [-0.05, 0) is 6.07 Å². The zero-order valence-corrected chi connectivity index (χ0v) is 12.0. The predicted octanol–water partition coefficient (Wildman–Crippen LogP) is 0.560. The normalized spacial score (nSPS) is 10.6. The molecule has 0 unspecified atom stereocenters. The lowest BCUT2D eigenvalue weighted by molar-refractivity contribution is 0.359. The second-order valence-electron chi connectivity index (χ2n) is 4.24. The fourth-order valence-corrected chi connectivity index (χ4v) is 1.96. The molecule has 0 aromatic carbocycles. The highest BCUT2D eigenvalue weighted by Crippen LogP contribution is 2.22. The van der Waals surface area contributed by atoms with Gasteiger partial charge in [0.1, 0.15) is 6.33 Å². The summed E-state index contributed by atoms with van der Waals surface area (Å²) >= 11 is 0. The first-order valence-electron chi connectivity index (χ1n) is 6.35. The zero-order valence-electron chi connectivity index (χ0n) is 12.0. The van der Waals surface area contributed by atoms with Crippen LogP contribution in [0.15, 0.2) is 18.6 Å². The van der Waals surface area contributed by atoms with Gasteiger partial charge in [-0.2, -0.15) is 5.10 Å². The summed E-state index contributed by atoms with van der Waals surface area (Å²) in [5, 5.41) is 7.47. The molecule has 0 fully saturated rings. The molecule has 0 saturated carbocycles. The first-order valence-corrected chi connectivity index (χ1v) is 6.35. The van der Waals surface area contributed by atoms with Gasteiger partial charge in [0.15, 0.2) is 0 Å². The van der Waals surface area contributed by atoms with E-state index in [-0.39, 0.29) is 0 Å². The molecule has 0 aliphatic rings. The van der Waals surface area contributed by atoms with Crippen LogP contribution in [0.25, 0.3) is 0 Å². The molecular weight excluding hydrogens is 258 g/mol. The highest BCUT2D eigenvalue weighted by atomic mass is 16.5. The van der Waals surface area contributed by atoms with Crippen molar-refractivity contribution in [2.24, 2.45) is 7.05 Å². The molecular formula is C13H19N5O2. The van der Waals surface area contributed by atoms with E-state index >= 15 is 0 Å². The van der Waals surface area contributed by atoms with Gasteiger partial charge in [-0.3, -0.25) is 4.68 Å². The number of aryl methyl sites for hydroxylation is 1. The van der Waals surface area contributed by atoms with E-state index in [0.29, 0.717) is 18.3 Å². The molecule has 0 radical (unpaired) electrons. The summed E-state index contributed by atoms with van der Waals surface area (Å²) in [5.74, 6) is 1.06. The fourth-order valence-electron chi connectivity index (χ4n) is 1.96. The number of nitrogens with one attached hydrogen (secondary N) is 1. The molecule has 7 heteroatoms. The maximum absolute atomic E-state index is 5.22. The second-order valence-corrected chi connectivity index (χ2v) is 4.24. The maximum Gasteiger partial charge on any atom is 0.224 e. The van der Waals surface area contributed by atoms with Crippen LogP contribution in [0, 0.1) is 0 Å². The molecule has 0 aliphatic heterocycles. The van der Waals surface area contributed by atoms with E-state index in [1.54, 1.807) is 20.4 Å². The van der Waals surface area contributed by atoms with Gasteiger partial charge in [0, 0.05) is 38.4 Å². The summed E-state index contributed by atoms with van der Waals surface area (Å²) in [6.07, 6.45) is 4.12. The van der Waals surface area contributed by atoms with Gasteiger partial charge in [0.2, 0.25) is 11.8 Å². The fraction of sp³-hybridized carbons (Fsp3) is 0.462. The minimum absolute atomic E-state index is 0.532. The van der Waals surface area contributed by atoms with Crippen molar-refractivity contribution in [2.75, 3.05) is 20.8 Å². The zero-order chi connectivity index (χ0) is 14.4. The Kier molecular flexibility index (Phi) is 4.89. The van der Waals surface area contributed by atoms with Crippen LogP contribution in [-0.2, 0) is 20.0 Å². The third kappa shape index (κ3) is 3.24. The van der Waals surface area contributed by atoms with E-state index in [2.05, 4.69) is 20.4 Å². The molecule has 0 saturated heterocycles. The summed E-state index contributed by atoms with van der Waals surface area (Å²) in [6, 6.07) is 2.01. The first-order chi connectivity index (χ1) is 9.76. The number of nitrogens with zero attached hydrogens (tertiary/aromatic N) is 4. The van der Waals surface area contributed by atoms with Crippen LogP contribution >= 0.6 is 0 Å². The highest BCUT2D eigenvalue weighted by molar-refractivity contribution is 5.34. The van der Waals surface area contributed by atoms with Gasteiger partial charge < -0.3 is 14.8 Å². The third-order valence-corrected chi connectivity index (χ3v) is 3.04. The van der Waals surface area contributed by atoms with E-state index in [9.17, 15) is 0 Å². The number of ether oxygens (including phenoxy) is 2. The highest BCUT2D eigenvalue weighted by Gasteiger charge is 2.12. The quantitative estimate of drug-likeness (QED) is 0.745. The number of rotatable bonds is 7. The maximum atomic E-state index is 5.22.